The van der Waals surface area contributed by atoms with Gasteiger partial charge in [-0.05, 0) is 36.4 Å². The van der Waals surface area contributed by atoms with E-state index in [1.165, 1.54) is 23.5 Å². The van der Waals surface area contributed by atoms with Gasteiger partial charge in [-0.1, -0.05) is 18.2 Å². The van der Waals surface area contributed by atoms with Crippen LogP contribution < -0.4 is 9.21 Å². The van der Waals surface area contributed by atoms with E-state index >= 15 is 0 Å². The van der Waals surface area contributed by atoms with Crippen LogP contribution in [0.1, 0.15) is 0 Å². The van der Waals surface area contributed by atoms with Crippen molar-refractivity contribution in [3.05, 3.63) is 54.6 Å². The van der Waals surface area contributed by atoms with E-state index in [0.29, 0.717) is 24.5 Å². The average molecular weight is 346 g/mol. The molecular weight excluding hydrogens is 328 g/mol. The summed E-state index contributed by atoms with van der Waals surface area (Å²) < 4.78 is 31.8. The topological polar surface area (TPSA) is 66.9 Å². The molecule has 1 heterocycles. The SMILES string of the molecule is CN(c1ccccc1)S(=O)(=O)c1ccc(N2CCOCC2=O)cc1. The first-order valence-electron chi connectivity index (χ1n) is 7.52. The van der Waals surface area contributed by atoms with Crippen molar-refractivity contribution in [3.8, 4) is 0 Å². The van der Waals surface area contributed by atoms with Crippen molar-refractivity contribution in [1.29, 1.82) is 0 Å². The number of para-hydroxylation sites is 1. The Morgan fingerprint density at radius 3 is 2.33 bits per heavy atom. The van der Waals surface area contributed by atoms with E-state index < -0.39 is 10.0 Å². The summed E-state index contributed by atoms with van der Waals surface area (Å²) in [6.45, 7) is 0.994. The molecule has 1 fully saturated rings. The highest BCUT2D eigenvalue weighted by Gasteiger charge is 2.23. The number of carbonyl (C=O) groups excluding carboxylic acids is 1. The normalized spacial score (nSPS) is 15.4. The Balaban J connectivity index is 1.85. The van der Waals surface area contributed by atoms with Gasteiger partial charge < -0.3 is 9.64 Å². The third-order valence-corrected chi connectivity index (χ3v) is 5.71. The molecule has 7 heteroatoms. The van der Waals surface area contributed by atoms with Gasteiger partial charge in [0, 0.05) is 19.3 Å². The zero-order chi connectivity index (χ0) is 17.2. The van der Waals surface area contributed by atoms with Gasteiger partial charge in [-0.3, -0.25) is 9.10 Å². The Morgan fingerprint density at radius 1 is 1.04 bits per heavy atom. The summed E-state index contributed by atoms with van der Waals surface area (Å²) in [5.41, 5.74) is 1.26. The molecule has 1 aliphatic heterocycles. The Hall–Kier alpha value is -2.38. The molecule has 2 aromatic rings. The molecule has 0 radical (unpaired) electrons. The zero-order valence-corrected chi connectivity index (χ0v) is 14.1. The van der Waals surface area contributed by atoms with Gasteiger partial charge in [-0.25, -0.2) is 8.42 Å². The lowest BCUT2D eigenvalue weighted by atomic mass is 10.2. The number of amides is 1. The first-order valence-corrected chi connectivity index (χ1v) is 8.96. The minimum Gasteiger partial charge on any atom is -0.370 e. The van der Waals surface area contributed by atoms with Crippen LogP contribution in [0.2, 0.25) is 0 Å². The predicted molar refractivity (Wildman–Crippen MR) is 91.6 cm³/mol. The van der Waals surface area contributed by atoms with Crippen LogP contribution in [-0.4, -0.2) is 41.1 Å². The van der Waals surface area contributed by atoms with Crippen LogP contribution in [0.25, 0.3) is 0 Å². The number of hydrogen-bond donors (Lipinski definition) is 0. The van der Waals surface area contributed by atoms with Gasteiger partial charge in [0.2, 0.25) is 0 Å². The Kier molecular flexibility index (Phi) is 4.55. The smallest absolute Gasteiger partial charge is 0.264 e. The molecule has 1 amide bonds. The van der Waals surface area contributed by atoms with Gasteiger partial charge in [0.05, 0.1) is 17.2 Å². The third kappa shape index (κ3) is 3.13. The Labute approximate surface area is 141 Å². The highest BCUT2D eigenvalue weighted by Crippen LogP contribution is 2.24. The number of hydrogen-bond acceptors (Lipinski definition) is 4. The van der Waals surface area contributed by atoms with Crippen LogP contribution in [-0.2, 0) is 19.6 Å². The molecule has 0 N–H and O–H groups in total. The fourth-order valence-corrected chi connectivity index (χ4v) is 3.72. The minimum absolute atomic E-state index is 0.0524. The van der Waals surface area contributed by atoms with Gasteiger partial charge in [-0.2, -0.15) is 0 Å². The van der Waals surface area contributed by atoms with Crippen molar-refractivity contribution in [2.24, 2.45) is 0 Å². The summed E-state index contributed by atoms with van der Waals surface area (Å²) in [6, 6.07) is 15.2. The van der Waals surface area contributed by atoms with E-state index in [0.717, 1.165) is 0 Å². The molecule has 1 saturated heterocycles. The lowest BCUT2D eigenvalue weighted by Gasteiger charge is -2.27. The second-order valence-electron chi connectivity index (χ2n) is 5.40. The van der Waals surface area contributed by atoms with Crippen molar-refractivity contribution in [2.45, 2.75) is 4.90 Å². The summed E-state index contributed by atoms with van der Waals surface area (Å²) in [7, 11) is -2.13. The molecule has 0 aromatic heterocycles. The fraction of sp³-hybridized carbons (Fsp3) is 0.235. The Morgan fingerprint density at radius 2 is 1.71 bits per heavy atom. The summed E-state index contributed by atoms with van der Waals surface area (Å²) in [5, 5.41) is 0. The molecule has 3 rings (SSSR count). The van der Waals surface area contributed by atoms with Crippen LogP contribution in [0.4, 0.5) is 11.4 Å². The number of carbonyl (C=O) groups is 1. The van der Waals surface area contributed by atoms with Crippen molar-refractivity contribution in [3.63, 3.8) is 0 Å². The number of anilines is 2. The fourth-order valence-electron chi connectivity index (χ4n) is 2.52. The molecule has 0 saturated carbocycles. The number of benzene rings is 2. The summed E-state index contributed by atoms with van der Waals surface area (Å²) >= 11 is 0. The van der Waals surface area contributed by atoms with Crippen molar-refractivity contribution >= 4 is 27.3 Å². The standard InChI is InChI=1S/C17H18N2O4S/c1-18(14-5-3-2-4-6-14)24(21,22)16-9-7-15(8-10-16)19-11-12-23-13-17(19)20/h2-10H,11-13H2,1H3. The van der Waals surface area contributed by atoms with Gasteiger partial charge in [0.15, 0.2) is 0 Å². The highest BCUT2D eigenvalue weighted by molar-refractivity contribution is 7.92. The zero-order valence-electron chi connectivity index (χ0n) is 13.3. The van der Waals surface area contributed by atoms with E-state index in [1.54, 1.807) is 41.3 Å². The van der Waals surface area contributed by atoms with Gasteiger partial charge in [0.25, 0.3) is 15.9 Å². The second-order valence-corrected chi connectivity index (χ2v) is 7.37. The van der Waals surface area contributed by atoms with Crippen LogP contribution in [0.3, 0.4) is 0 Å². The maximum absolute atomic E-state index is 12.7. The molecule has 0 atom stereocenters. The number of nitrogens with zero attached hydrogens (tertiary/aromatic N) is 2. The van der Waals surface area contributed by atoms with Crippen LogP contribution in [0.5, 0.6) is 0 Å². The molecule has 24 heavy (non-hydrogen) atoms. The number of morpholine rings is 1. The third-order valence-electron chi connectivity index (χ3n) is 3.91. The molecule has 0 spiro atoms. The van der Waals surface area contributed by atoms with Gasteiger partial charge >= 0.3 is 0 Å². The van der Waals surface area contributed by atoms with Crippen LogP contribution in [0, 0.1) is 0 Å². The Bertz CT molecular complexity index is 819. The molecule has 0 bridgehead atoms. The summed E-state index contributed by atoms with van der Waals surface area (Å²) in [5.74, 6) is -0.127. The van der Waals surface area contributed by atoms with Crippen LogP contribution in [0.15, 0.2) is 59.5 Å². The molecular formula is C17H18N2O4S. The molecule has 0 unspecified atom stereocenters. The monoisotopic (exact) mass is 346 g/mol. The van der Waals surface area contributed by atoms with E-state index in [1.807, 2.05) is 6.07 Å². The molecule has 2 aromatic carbocycles. The number of sulfonamides is 1. The first kappa shape index (κ1) is 16.5. The molecule has 0 aliphatic carbocycles. The molecule has 6 nitrogen and oxygen atoms in total. The van der Waals surface area contributed by atoms with Crippen molar-refractivity contribution < 1.29 is 17.9 Å². The maximum atomic E-state index is 12.7. The van der Waals surface area contributed by atoms with E-state index in [9.17, 15) is 13.2 Å². The lowest BCUT2D eigenvalue weighted by molar-refractivity contribution is -0.125. The van der Waals surface area contributed by atoms with E-state index in [-0.39, 0.29) is 17.4 Å². The van der Waals surface area contributed by atoms with Crippen molar-refractivity contribution in [1.82, 2.24) is 0 Å². The summed E-state index contributed by atoms with van der Waals surface area (Å²) in [4.78, 5) is 13.6. The predicted octanol–water partition coefficient (Wildman–Crippen LogP) is 1.87. The number of rotatable bonds is 4. The van der Waals surface area contributed by atoms with Crippen molar-refractivity contribution in [2.75, 3.05) is 36.0 Å². The maximum Gasteiger partial charge on any atom is 0.264 e. The number of ether oxygens (including phenoxy) is 1. The van der Waals surface area contributed by atoms with Gasteiger partial charge in [0.1, 0.15) is 6.61 Å². The van der Waals surface area contributed by atoms with Gasteiger partial charge in [-0.15, -0.1) is 0 Å². The summed E-state index contributed by atoms with van der Waals surface area (Å²) in [6.07, 6.45) is 0. The quantitative estimate of drug-likeness (QED) is 0.848. The average Bonchev–Trinajstić information content (AvgIpc) is 2.62. The molecule has 1 aliphatic rings. The first-order chi connectivity index (χ1) is 11.5. The van der Waals surface area contributed by atoms with E-state index in [4.69, 9.17) is 4.74 Å². The lowest BCUT2D eigenvalue weighted by Crippen LogP contribution is -2.41. The minimum atomic E-state index is -3.65. The van der Waals surface area contributed by atoms with E-state index in [2.05, 4.69) is 0 Å². The van der Waals surface area contributed by atoms with Crippen LogP contribution >= 0.6 is 0 Å². The highest BCUT2D eigenvalue weighted by atomic mass is 32.2. The second kappa shape index (κ2) is 6.62. The molecule has 126 valence electrons. The largest absolute Gasteiger partial charge is 0.370 e.